The molecule has 2 heteroatoms. The van der Waals surface area contributed by atoms with Gasteiger partial charge in [-0.05, 0) is 37.0 Å². The summed E-state index contributed by atoms with van der Waals surface area (Å²) >= 11 is 0. The molecule has 0 radical (unpaired) electrons. The Morgan fingerprint density at radius 1 is 1.05 bits per heavy atom. The molecular weight excluding hydrogens is 258 g/mol. The van der Waals surface area contributed by atoms with Crippen molar-refractivity contribution in [1.82, 2.24) is 5.32 Å². The quantitative estimate of drug-likeness (QED) is 0.779. The second-order valence-electron chi connectivity index (χ2n) is 5.58. The predicted octanol–water partition coefficient (Wildman–Crippen LogP) is 4.59. The summed E-state index contributed by atoms with van der Waals surface area (Å²) in [5, 5.41) is 13.2. The maximum atomic E-state index is 9.77. The summed E-state index contributed by atoms with van der Waals surface area (Å²) in [7, 11) is 0. The van der Waals surface area contributed by atoms with Crippen LogP contribution < -0.4 is 5.32 Å². The maximum Gasteiger partial charge on any atom is 0.120 e. The van der Waals surface area contributed by atoms with Gasteiger partial charge in [0.15, 0.2) is 0 Å². The average molecular weight is 283 g/mol. The number of para-hydroxylation sites is 1. The van der Waals surface area contributed by atoms with Gasteiger partial charge in [0.25, 0.3) is 0 Å². The van der Waals surface area contributed by atoms with Crippen LogP contribution in [0, 0.1) is 0 Å². The van der Waals surface area contributed by atoms with Gasteiger partial charge in [0.05, 0.1) is 0 Å². The molecule has 0 amide bonds. The van der Waals surface area contributed by atoms with Crippen molar-refractivity contribution in [3.63, 3.8) is 0 Å². The van der Waals surface area contributed by atoms with Crippen LogP contribution in [-0.2, 0) is 13.0 Å². The van der Waals surface area contributed by atoms with Gasteiger partial charge in [0.2, 0.25) is 0 Å². The van der Waals surface area contributed by atoms with Gasteiger partial charge in [0, 0.05) is 18.2 Å². The van der Waals surface area contributed by atoms with Crippen molar-refractivity contribution in [2.45, 2.75) is 45.7 Å². The van der Waals surface area contributed by atoms with Crippen LogP contribution in [0.4, 0.5) is 0 Å². The molecular formula is C19H25NO. The van der Waals surface area contributed by atoms with E-state index < -0.39 is 0 Å². The fourth-order valence-electron chi connectivity index (χ4n) is 2.40. The minimum absolute atomic E-state index is 0.268. The van der Waals surface area contributed by atoms with E-state index in [-0.39, 0.29) is 6.04 Å². The third-order valence-electron chi connectivity index (χ3n) is 3.89. The Bertz CT molecular complexity index is 548. The smallest absolute Gasteiger partial charge is 0.120 e. The molecule has 0 spiro atoms. The number of hydrogen-bond donors (Lipinski definition) is 2. The maximum absolute atomic E-state index is 9.77. The molecule has 2 aromatic carbocycles. The Hall–Kier alpha value is -1.80. The topological polar surface area (TPSA) is 32.3 Å². The molecule has 0 aliphatic rings. The number of benzene rings is 2. The first kappa shape index (κ1) is 15.6. The molecule has 1 unspecified atom stereocenters. The number of phenols is 1. The van der Waals surface area contributed by atoms with Crippen molar-refractivity contribution in [1.29, 1.82) is 0 Å². The van der Waals surface area contributed by atoms with Gasteiger partial charge >= 0.3 is 0 Å². The zero-order valence-electron chi connectivity index (χ0n) is 13.0. The lowest BCUT2D eigenvalue weighted by Gasteiger charge is -2.15. The van der Waals surface area contributed by atoms with Crippen LogP contribution in [0.2, 0.25) is 0 Å². The summed E-state index contributed by atoms with van der Waals surface area (Å²) in [4.78, 5) is 0. The first-order chi connectivity index (χ1) is 10.2. The van der Waals surface area contributed by atoms with Crippen molar-refractivity contribution >= 4 is 0 Å². The molecule has 1 atom stereocenters. The number of nitrogens with one attached hydrogen (secondary N) is 1. The van der Waals surface area contributed by atoms with E-state index in [2.05, 4.69) is 43.4 Å². The molecule has 0 aliphatic heterocycles. The van der Waals surface area contributed by atoms with Gasteiger partial charge in [-0.25, -0.2) is 0 Å². The van der Waals surface area contributed by atoms with Gasteiger partial charge in [-0.15, -0.1) is 0 Å². The lowest BCUT2D eigenvalue weighted by Crippen LogP contribution is -2.18. The number of hydrogen-bond acceptors (Lipinski definition) is 2. The summed E-state index contributed by atoms with van der Waals surface area (Å²) in [6, 6.07) is 16.6. The first-order valence-electron chi connectivity index (χ1n) is 7.79. The van der Waals surface area contributed by atoms with Crippen molar-refractivity contribution in [2.75, 3.05) is 0 Å². The second kappa shape index (κ2) is 7.84. The molecule has 0 saturated carbocycles. The highest BCUT2D eigenvalue weighted by molar-refractivity contribution is 5.32. The van der Waals surface area contributed by atoms with Crippen LogP contribution in [0.5, 0.6) is 5.75 Å². The van der Waals surface area contributed by atoms with Crippen LogP contribution in [-0.4, -0.2) is 5.11 Å². The van der Waals surface area contributed by atoms with Crippen LogP contribution in [0.3, 0.4) is 0 Å². The van der Waals surface area contributed by atoms with Gasteiger partial charge in [0.1, 0.15) is 5.75 Å². The summed E-state index contributed by atoms with van der Waals surface area (Å²) in [5.74, 6) is 0.354. The van der Waals surface area contributed by atoms with Crippen LogP contribution in [0.15, 0.2) is 48.5 Å². The number of aromatic hydroxyl groups is 1. The molecule has 2 N–H and O–H groups in total. The summed E-state index contributed by atoms with van der Waals surface area (Å²) in [6.45, 7) is 5.05. The molecule has 21 heavy (non-hydrogen) atoms. The lowest BCUT2D eigenvalue weighted by atomic mass is 10.0. The van der Waals surface area contributed by atoms with E-state index in [4.69, 9.17) is 0 Å². The lowest BCUT2D eigenvalue weighted by molar-refractivity contribution is 0.460. The summed E-state index contributed by atoms with van der Waals surface area (Å²) in [5.41, 5.74) is 3.63. The Morgan fingerprint density at radius 3 is 2.43 bits per heavy atom. The number of phenolic OH excluding ortho intramolecular Hbond substituents is 1. The van der Waals surface area contributed by atoms with Crippen molar-refractivity contribution in [2.24, 2.45) is 0 Å². The second-order valence-corrected chi connectivity index (χ2v) is 5.58. The fraction of sp³-hybridized carbons (Fsp3) is 0.368. The number of unbranched alkanes of at least 4 members (excludes halogenated alkanes) is 1. The number of aryl methyl sites for hydroxylation is 1. The van der Waals surface area contributed by atoms with E-state index >= 15 is 0 Å². The van der Waals surface area contributed by atoms with E-state index in [0.717, 1.165) is 12.0 Å². The predicted molar refractivity (Wildman–Crippen MR) is 88.4 cm³/mol. The van der Waals surface area contributed by atoms with E-state index in [1.54, 1.807) is 6.07 Å². The SMILES string of the molecule is CCCCc1ccc(C(C)NCc2ccccc2O)cc1. The van der Waals surface area contributed by atoms with Crippen molar-refractivity contribution in [3.05, 3.63) is 65.2 Å². The standard InChI is InChI=1S/C19H25NO/c1-3-4-7-16-10-12-17(13-11-16)15(2)20-14-18-8-5-6-9-19(18)21/h5-6,8-13,15,20-21H,3-4,7,14H2,1-2H3. The molecule has 2 nitrogen and oxygen atoms in total. The monoisotopic (exact) mass is 283 g/mol. The van der Waals surface area contributed by atoms with Gasteiger partial charge in [-0.3, -0.25) is 0 Å². The van der Waals surface area contributed by atoms with Gasteiger partial charge < -0.3 is 10.4 Å². The summed E-state index contributed by atoms with van der Waals surface area (Å²) in [6.07, 6.45) is 3.65. The summed E-state index contributed by atoms with van der Waals surface area (Å²) < 4.78 is 0. The average Bonchev–Trinajstić information content (AvgIpc) is 2.52. The van der Waals surface area contributed by atoms with Gasteiger partial charge in [-0.1, -0.05) is 55.8 Å². The van der Waals surface area contributed by atoms with Gasteiger partial charge in [-0.2, -0.15) is 0 Å². The Kier molecular flexibility index (Phi) is 5.82. The highest BCUT2D eigenvalue weighted by atomic mass is 16.3. The molecule has 0 saturated heterocycles. The molecule has 112 valence electrons. The van der Waals surface area contributed by atoms with E-state index in [0.29, 0.717) is 12.3 Å². The third-order valence-corrected chi connectivity index (χ3v) is 3.89. The minimum Gasteiger partial charge on any atom is -0.508 e. The zero-order valence-corrected chi connectivity index (χ0v) is 13.0. The van der Waals surface area contributed by atoms with Crippen LogP contribution >= 0.6 is 0 Å². The Labute approximate surface area is 127 Å². The van der Waals surface area contributed by atoms with Crippen LogP contribution in [0.25, 0.3) is 0 Å². The highest BCUT2D eigenvalue weighted by Gasteiger charge is 2.06. The molecule has 2 rings (SSSR count). The van der Waals surface area contributed by atoms with E-state index in [9.17, 15) is 5.11 Å². The first-order valence-corrected chi connectivity index (χ1v) is 7.79. The minimum atomic E-state index is 0.268. The Morgan fingerprint density at radius 2 is 1.76 bits per heavy atom. The fourth-order valence-corrected chi connectivity index (χ4v) is 2.40. The normalized spacial score (nSPS) is 12.3. The van der Waals surface area contributed by atoms with Crippen molar-refractivity contribution in [3.8, 4) is 5.75 Å². The van der Waals surface area contributed by atoms with Crippen molar-refractivity contribution < 1.29 is 5.11 Å². The molecule has 0 fully saturated rings. The highest BCUT2D eigenvalue weighted by Crippen LogP contribution is 2.18. The molecule has 0 bridgehead atoms. The molecule has 0 aromatic heterocycles. The molecule has 2 aromatic rings. The largest absolute Gasteiger partial charge is 0.508 e. The Balaban J connectivity index is 1.91. The van der Waals surface area contributed by atoms with E-state index in [1.165, 1.54) is 24.0 Å². The van der Waals surface area contributed by atoms with E-state index in [1.807, 2.05) is 18.2 Å². The molecule has 0 heterocycles. The van der Waals surface area contributed by atoms with Crippen LogP contribution in [0.1, 0.15) is 49.4 Å². The zero-order chi connectivity index (χ0) is 15.1. The third kappa shape index (κ3) is 4.61. The number of rotatable bonds is 7. The molecule has 0 aliphatic carbocycles.